The van der Waals surface area contributed by atoms with Crippen molar-refractivity contribution in [3.63, 3.8) is 0 Å². The molecule has 0 amide bonds. The van der Waals surface area contributed by atoms with Crippen LogP contribution >= 0.6 is 22.7 Å². The van der Waals surface area contributed by atoms with E-state index in [1.165, 1.54) is 20.5 Å². The first-order chi connectivity index (χ1) is 9.48. The summed E-state index contributed by atoms with van der Waals surface area (Å²) in [5.74, 6) is 0. The number of rotatable bonds is 6. The summed E-state index contributed by atoms with van der Waals surface area (Å²) in [6.07, 6.45) is 3.22. The number of hydrogen-bond donors (Lipinski definition) is 1. The predicted molar refractivity (Wildman–Crippen MR) is 89.8 cm³/mol. The molecular formula is C16H24N2S2. The lowest BCUT2D eigenvalue weighted by Crippen LogP contribution is -2.35. The van der Waals surface area contributed by atoms with Crippen molar-refractivity contribution in [2.45, 2.75) is 59.0 Å². The SMILES string of the molecule is CCCc1nc(Cc2cccs2)sc1CNC(C)(C)C. The highest BCUT2D eigenvalue weighted by Crippen LogP contribution is 2.24. The minimum atomic E-state index is 0.154. The molecule has 2 aromatic heterocycles. The fraction of sp³-hybridized carbons (Fsp3) is 0.562. The molecule has 0 aliphatic heterocycles. The average molecular weight is 309 g/mol. The Hall–Kier alpha value is -0.710. The van der Waals surface area contributed by atoms with Crippen LogP contribution in [0.3, 0.4) is 0 Å². The highest BCUT2D eigenvalue weighted by atomic mass is 32.1. The lowest BCUT2D eigenvalue weighted by molar-refractivity contribution is 0.425. The third-order valence-corrected chi connectivity index (χ3v) is 4.97. The third kappa shape index (κ3) is 4.69. The van der Waals surface area contributed by atoms with Crippen LogP contribution in [0.2, 0.25) is 0 Å². The summed E-state index contributed by atoms with van der Waals surface area (Å²) in [7, 11) is 0. The van der Waals surface area contributed by atoms with Crippen LogP contribution in [0.1, 0.15) is 54.6 Å². The summed E-state index contributed by atoms with van der Waals surface area (Å²) in [5.41, 5.74) is 1.45. The Labute approximate surface area is 130 Å². The minimum Gasteiger partial charge on any atom is -0.307 e. The highest BCUT2D eigenvalue weighted by Gasteiger charge is 2.14. The Morgan fingerprint density at radius 2 is 2.10 bits per heavy atom. The van der Waals surface area contributed by atoms with E-state index >= 15 is 0 Å². The third-order valence-electron chi connectivity index (χ3n) is 2.99. The number of thiazole rings is 1. The molecule has 0 aliphatic carbocycles. The first kappa shape index (κ1) is 15.7. The number of nitrogens with zero attached hydrogens (tertiary/aromatic N) is 1. The molecule has 2 nitrogen and oxygen atoms in total. The minimum absolute atomic E-state index is 0.154. The van der Waals surface area contributed by atoms with Crippen molar-refractivity contribution in [1.82, 2.24) is 10.3 Å². The van der Waals surface area contributed by atoms with Crippen molar-refractivity contribution in [1.29, 1.82) is 0 Å². The van der Waals surface area contributed by atoms with Gasteiger partial charge in [0.15, 0.2) is 0 Å². The van der Waals surface area contributed by atoms with Gasteiger partial charge in [-0.3, -0.25) is 0 Å². The molecule has 0 aliphatic rings. The van der Waals surface area contributed by atoms with Crippen LogP contribution in [0.15, 0.2) is 17.5 Å². The number of aryl methyl sites for hydroxylation is 1. The topological polar surface area (TPSA) is 24.9 Å². The van der Waals surface area contributed by atoms with E-state index < -0.39 is 0 Å². The summed E-state index contributed by atoms with van der Waals surface area (Å²) in [6, 6.07) is 4.31. The Balaban J connectivity index is 2.10. The summed E-state index contributed by atoms with van der Waals surface area (Å²) < 4.78 is 0. The molecule has 2 heterocycles. The number of hydrogen-bond acceptors (Lipinski definition) is 4. The van der Waals surface area contributed by atoms with Crippen molar-refractivity contribution in [3.8, 4) is 0 Å². The zero-order valence-corrected chi connectivity index (χ0v) is 14.5. The molecule has 0 saturated carbocycles. The first-order valence-electron chi connectivity index (χ1n) is 7.23. The normalized spacial score (nSPS) is 12.0. The lowest BCUT2D eigenvalue weighted by atomic mass is 10.1. The molecule has 2 rings (SSSR count). The second-order valence-corrected chi connectivity index (χ2v) is 8.29. The van der Waals surface area contributed by atoms with Crippen LogP contribution in [0.25, 0.3) is 0 Å². The van der Waals surface area contributed by atoms with E-state index in [0.717, 1.165) is 25.8 Å². The van der Waals surface area contributed by atoms with E-state index in [1.807, 2.05) is 22.7 Å². The summed E-state index contributed by atoms with van der Waals surface area (Å²) in [5, 5.41) is 6.97. The molecule has 2 aromatic rings. The van der Waals surface area contributed by atoms with Gasteiger partial charge in [0.1, 0.15) is 0 Å². The van der Waals surface area contributed by atoms with Crippen molar-refractivity contribution >= 4 is 22.7 Å². The Morgan fingerprint density at radius 3 is 2.70 bits per heavy atom. The molecule has 0 bridgehead atoms. The molecule has 0 atom stereocenters. The number of nitrogens with one attached hydrogen (secondary N) is 1. The van der Waals surface area contributed by atoms with Crippen LogP contribution in [0.4, 0.5) is 0 Å². The maximum Gasteiger partial charge on any atom is 0.0983 e. The van der Waals surface area contributed by atoms with E-state index in [0.29, 0.717) is 0 Å². The Morgan fingerprint density at radius 1 is 1.30 bits per heavy atom. The molecule has 0 spiro atoms. The first-order valence-corrected chi connectivity index (χ1v) is 8.92. The van der Waals surface area contributed by atoms with Gasteiger partial charge in [0.25, 0.3) is 0 Å². The molecule has 1 N–H and O–H groups in total. The van der Waals surface area contributed by atoms with Crippen LogP contribution in [-0.2, 0) is 19.4 Å². The zero-order valence-electron chi connectivity index (χ0n) is 12.8. The zero-order chi connectivity index (χ0) is 14.6. The van der Waals surface area contributed by atoms with Crippen LogP contribution in [0.5, 0.6) is 0 Å². The summed E-state index contributed by atoms with van der Waals surface area (Å²) in [4.78, 5) is 7.67. The smallest absolute Gasteiger partial charge is 0.0983 e. The molecule has 110 valence electrons. The summed E-state index contributed by atoms with van der Waals surface area (Å²) in [6.45, 7) is 9.78. The fourth-order valence-corrected chi connectivity index (χ4v) is 3.87. The van der Waals surface area contributed by atoms with E-state index in [-0.39, 0.29) is 5.54 Å². The molecule has 0 unspecified atom stereocenters. The van der Waals surface area contributed by atoms with Crippen molar-refractivity contribution < 1.29 is 0 Å². The standard InChI is InChI=1S/C16H24N2S2/c1-5-7-13-14(11-17-16(2,3)4)20-15(18-13)10-12-8-6-9-19-12/h6,8-9,17H,5,7,10-11H2,1-4H3. The molecule has 0 aromatic carbocycles. The van der Waals surface area contributed by atoms with Crippen molar-refractivity contribution in [2.24, 2.45) is 0 Å². The van der Waals surface area contributed by atoms with Gasteiger partial charge in [-0.15, -0.1) is 22.7 Å². The predicted octanol–water partition coefficient (Wildman–Crippen LogP) is 4.64. The summed E-state index contributed by atoms with van der Waals surface area (Å²) >= 11 is 3.69. The van der Waals surface area contributed by atoms with Crippen molar-refractivity contribution in [2.75, 3.05) is 0 Å². The number of aromatic nitrogens is 1. The highest BCUT2D eigenvalue weighted by molar-refractivity contribution is 7.12. The molecule has 0 radical (unpaired) electrons. The molecule has 20 heavy (non-hydrogen) atoms. The van der Waals surface area contributed by atoms with E-state index in [2.05, 4.69) is 50.5 Å². The van der Waals surface area contributed by atoms with Gasteiger partial charge in [-0.1, -0.05) is 19.4 Å². The molecule has 4 heteroatoms. The number of thiophene rings is 1. The quantitative estimate of drug-likeness (QED) is 0.841. The second-order valence-electron chi connectivity index (χ2n) is 6.09. The maximum absolute atomic E-state index is 4.86. The average Bonchev–Trinajstić information content (AvgIpc) is 2.97. The Bertz CT molecular complexity index is 521. The van der Waals surface area contributed by atoms with Gasteiger partial charge in [0.05, 0.1) is 10.7 Å². The molecular weight excluding hydrogens is 284 g/mol. The molecule has 0 fully saturated rings. The van der Waals surface area contributed by atoms with Crippen LogP contribution in [0, 0.1) is 0 Å². The van der Waals surface area contributed by atoms with Crippen molar-refractivity contribution in [3.05, 3.63) is 38.0 Å². The monoisotopic (exact) mass is 308 g/mol. The fourth-order valence-electron chi connectivity index (χ4n) is 1.99. The van der Waals surface area contributed by atoms with Gasteiger partial charge >= 0.3 is 0 Å². The molecule has 0 saturated heterocycles. The largest absolute Gasteiger partial charge is 0.307 e. The Kier molecular flexibility index (Phi) is 5.35. The van der Waals surface area contributed by atoms with Crippen LogP contribution < -0.4 is 5.32 Å². The van der Waals surface area contributed by atoms with Gasteiger partial charge in [-0.05, 0) is 38.6 Å². The van der Waals surface area contributed by atoms with Gasteiger partial charge < -0.3 is 5.32 Å². The van der Waals surface area contributed by atoms with Gasteiger partial charge in [-0.2, -0.15) is 0 Å². The van der Waals surface area contributed by atoms with Gasteiger partial charge in [0, 0.05) is 28.3 Å². The maximum atomic E-state index is 4.86. The van der Waals surface area contributed by atoms with Gasteiger partial charge in [0.2, 0.25) is 0 Å². The lowest BCUT2D eigenvalue weighted by Gasteiger charge is -2.20. The van der Waals surface area contributed by atoms with E-state index in [4.69, 9.17) is 4.98 Å². The van der Waals surface area contributed by atoms with Crippen LogP contribution in [-0.4, -0.2) is 10.5 Å². The second kappa shape index (κ2) is 6.83. The van der Waals surface area contributed by atoms with E-state index in [9.17, 15) is 0 Å². The van der Waals surface area contributed by atoms with E-state index in [1.54, 1.807) is 0 Å². The van der Waals surface area contributed by atoms with Gasteiger partial charge in [-0.25, -0.2) is 4.98 Å².